The van der Waals surface area contributed by atoms with Gasteiger partial charge < -0.3 is 14.7 Å². The van der Waals surface area contributed by atoms with Gasteiger partial charge in [-0.2, -0.15) is 0 Å². The molecule has 6 nitrogen and oxygen atoms in total. The molecule has 0 aliphatic carbocycles. The molecule has 2 rings (SSSR count). The highest BCUT2D eigenvalue weighted by atomic mass is 32.2. The lowest BCUT2D eigenvalue weighted by Crippen LogP contribution is -2.48. The molecule has 1 aromatic rings. The van der Waals surface area contributed by atoms with E-state index in [4.69, 9.17) is 4.74 Å². The Kier molecular flexibility index (Phi) is 7.15. The zero-order valence-corrected chi connectivity index (χ0v) is 18.2. The largest absolute Gasteiger partial charge is 0.444 e. The Morgan fingerprint density at radius 3 is 2.21 bits per heavy atom. The Labute approximate surface area is 168 Å². The molecule has 1 heterocycles. The first-order valence-electron chi connectivity index (χ1n) is 9.87. The van der Waals surface area contributed by atoms with Gasteiger partial charge in [-0.25, -0.2) is 13.2 Å². The average Bonchev–Trinajstić information content (AvgIpc) is 2.57. The van der Waals surface area contributed by atoms with Crippen LogP contribution in [0, 0.1) is 0 Å². The van der Waals surface area contributed by atoms with Gasteiger partial charge >= 0.3 is 6.09 Å². The lowest BCUT2D eigenvalue weighted by atomic mass is 9.86. The molecule has 1 fully saturated rings. The summed E-state index contributed by atoms with van der Waals surface area (Å²) in [5, 5.41) is 10.8. The van der Waals surface area contributed by atoms with Gasteiger partial charge in [0.2, 0.25) is 0 Å². The summed E-state index contributed by atoms with van der Waals surface area (Å²) in [7, 11) is -3.16. The molecule has 1 aliphatic rings. The molecule has 1 aromatic carbocycles. The summed E-state index contributed by atoms with van der Waals surface area (Å²) in [4.78, 5) is 14.1. The topological polar surface area (TPSA) is 83.9 Å². The van der Waals surface area contributed by atoms with E-state index in [9.17, 15) is 18.3 Å². The Balaban J connectivity index is 1.73. The van der Waals surface area contributed by atoms with Crippen molar-refractivity contribution in [3.8, 4) is 0 Å². The fourth-order valence-corrected chi connectivity index (χ4v) is 4.00. The minimum Gasteiger partial charge on any atom is -0.444 e. The van der Waals surface area contributed by atoms with E-state index < -0.39 is 21.0 Å². The minimum absolute atomic E-state index is 0.313. The molecule has 0 unspecified atom stereocenters. The van der Waals surface area contributed by atoms with Crippen molar-refractivity contribution >= 4 is 15.9 Å². The minimum atomic E-state index is -3.16. The van der Waals surface area contributed by atoms with Crippen LogP contribution in [-0.4, -0.2) is 55.1 Å². The predicted octanol–water partition coefficient (Wildman–Crippen LogP) is 3.56. The summed E-state index contributed by atoms with van der Waals surface area (Å²) >= 11 is 0. The summed E-state index contributed by atoms with van der Waals surface area (Å²) in [5.41, 5.74) is -0.137. The molecule has 1 amide bonds. The smallest absolute Gasteiger partial charge is 0.410 e. The molecular weight excluding hydrogens is 378 g/mol. The fraction of sp³-hybridized carbons (Fsp3) is 0.667. The molecule has 1 aliphatic heterocycles. The van der Waals surface area contributed by atoms with Gasteiger partial charge in [0.1, 0.15) is 5.60 Å². The Morgan fingerprint density at radius 1 is 1.14 bits per heavy atom. The molecule has 158 valence electrons. The molecule has 0 saturated carbocycles. The van der Waals surface area contributed by atoms with Gasteiger partial charge in [-0.1, -0.05) is 18.6 Å². The van der Waals surface area contributed by atoms with Crippen molar-refractivity contribution in [1.29, 1.82) is 0 Å². The van der Waals surface area contributed by atoms with E-state index in [1.807, 2.05) is 32.9 Å². The van der Waals surface area contributed by atoms with Gasteiger partial charge in [-0.05, 0) is 70.6 Å². The third kappa shape index (κ3) is 7.09. The zero-order valence-electron chi connectivity index (χ0n) is 17.4. The number of ether oxygens (including phenoxy) is 1. The second kappa shape index (κ2) is 8.82. The van der Waals surface area contributed by atoms with E-state index in [0.29, 0.717) is 37.2 Å². The van der Waals surface area contributed by atoms with E-state index >= 15 is 0 Å². The summed E-state index contributed by atoms with van der Waals surface area (Å²) in [6.45, 7) is 6.57. The predicted molar refractivity (Wildman–Crippen MR) is 109 cm³/mol. The second-order valence-corrected chi connectivity index (χ2v) is 10.8. The number of piperidine rings is 1. The number of hydrogen-bond acceptors (Lipinski definition) is 5. The van der Waals surface area contributed by atoms with Crippen LogP contribution in [0.25, 0.3) is 0 Å². The van der Waals surface area contributed by atoms with Gasteiger partial charge in [0, 0.05) is 19.3 Å². The van der Waals surface area contributed by atoms with Gasteiger partial charge in [0.05, 0.1) is 10.5 Å². The highest BCUT2D eigenvalue weighted by Crippen LogP contribution is 2.28. The van der Waals surface area contributed by atoms with Crippen molar-refractivity contribution in [2.75, 3.05) is 19.3 Å². The van der Waals surface area contributed by atoms with Crippen molar-refractivity contribution in [2.24, 2.45) is 0 Å². The maximum Gasteiger partial charge on any atom is 0.410 e. The van der Waals surface area contributed by atoms with Gasteiger partial charge in [-0.15, -0.1) is 0 Å². The first kappa shape index (κ1) is 22.7. The summed E-state index contributed by atoms with van der Waals surface area (Å²) in [6.07, 6.45) is 5.39. The Hall–Kier alpha value is -1.60. The van der Waals surface area contributed by atoms with E-state index in [0.717, 1.165) is 24.8 Å². The fourth-order valence-electron chi connectivity index (χ4n) is 3.37. The molecule has 0 bridgehead atoms. The maximum atomic E-state index is 12.1. The van der Waals surface area contributed by atoms with Crippen LogP contribution in [-0.2, 0) is 21.0 Å². The van der Waals surface area contributed by atoms with Crippen LogP contribution in [0.3, 0.4) is 0 Å². The molecule has 0 aromatic heterocycles. The number of carbonyl (C=O) groups is 1. The molecule has 0 radical (unpaired) electrons. The number of nitrogens with zero attached hydrogens (tertiary/aromatic N) is 1. The van der Waals surface area contributed by atoms with Crippen molar-refractivity contribution in [1.82, 2.24) is 4.90 Å². The highest BCUT2D eigenvalue weighted by Gasteiger charge is 2.34. The van der Waals surface area contributed by atoms with E-state index in [2.05, 4.69) is 0 Å². The number of hydrogen-bond donors (Lipinski definition) is 1. The van der Waals surface area contributed by atoms with Crippen molar-refractivity contribution in [2.45, 2.75) is 75.4 Å². The molecule has 28 heavy (non-hydrogen) atoms. The van der Waals surface area contributed by atoms with Crippen LogP contribution >= 0.6 is 0 Å². The Morgan fingerprint density at radius 2 is 1.71 bits per heavy atom. The number of aliphatic hydroxyl groups is 1. The highest BCUT2D eigenvalue weighted by molar-refractivity contribution is 7.90. The van der Waals surface area contributed by atoms with Gasteiger partial charge in [0.25, 0.3) is 0 Å². The lowest BCUT2D eigenvalue weighted by molar-refractivity contribution is -0.0377. The lowest BCUT2D eigenvalue weighted by Gasteiger charge is -2.38. The van der Waals surface area contributed by atoms with E-state index in [1.54, 1.807) is 17.0 Å². The van der Waals surface area contributed by atoms with Crippen LogP contribution in [0.5, 0.6) is 0 Å². The quantitative estimate of drug-likeness (QED) is 0.724. The van der Waals surface area contributed by atoms with E-state index in [1.165, 1.54) is 6.26 Å². The number of rotatable bonds is 6. The van der Waals surface area contributed by atoms with Crippen LogP contribution in [0.2, 0.25) is 0 Å². The van der Waals surface area contributed by atoms with Crippen molar-refractivity contribution < 1.29 is 23.1 Å². The molecular formula is C21H33NO5S. The third-order valence-corrected chi connectivity index (χ3v) is 6.18. The number of carbonyl (C=O) groups excluding carboxylic acids is 1. The Bertz CT molecular complexity index is 757. The first-order chi connectivity index (χ1) is 12.9. The number of benzene rings is 1. The number of likely N-dealkylation sites (tertiary alicyclic amines) is 1. The maximum absolute atomic E-state index is 12.1. The van der Waals surface area contributed by atoms with Crippen LogP contribution in [0.15, 0.2) is 29.2 Å². The molecule has 1 saturated heterocycles. The zero-order chi connectivity index (χ0) is 21.0. The number of sulfone groups is 1. The first-order valence-corrected chi connectivity index (χ1v) is 11.8. The van der Waals surface area contributed by atoms with Crippen LogP contribution in [0.1, 0.15) is 58.4 Å². The van der Waals surface area contributed by atoms with E-state index in [-0.39, 0.29) is 6.09 Å². The summed E-state index contributed by atoms with van der Waals surface area (Å²) in [5.74, 6) is 0. The summed E-state index contributed by atoms with van der Waals surface area (Å²) < 4.78 is 28.4. The van der Waals surface area contributed by atoms with Gasteiger partial charge in [-0.3, -0.25) is 0 Å². The summed E-state index contributed by atoms with van der Waals surface area (Å²) in [6, 6.07) is 6.99. The van der Waals surface area contributed by atoms with Crippen LogP contribution in [0.4, 0.5) is 4.79 Å². The second-order valence-electron chi connectivity index (χ2n) is 8.81. The van der Waals surface area contributed by atoms with Gasteiger partial charge in [0.15, 0.2) is 9.84 Å². The standard InChI is InChI=1S/C21H33NO5S/c1-20(2,3)27-19(23)22-15-13-21(24,14-16-22)12-6-5-7-17-8-10-18(11-9-17)28(4,25)26/h8-11,24H,5-7,12-16H2,1-4H3. The third-order valence-electron chi connectivity index (χ3n) is 5.05. The SMILES string of the molecule is CC(C)(C)OC(=O)N1CCC(O)(CCCCc2ccc(S(C)(=O)=O)cc2)CC1. The van der Waals surface area contributed by atoms with Crippen molar-refractivity contribution in [3.05, 3.63) is 29.8 Å². The average molecular weight is 412 g/mol. The monoisotopic (exact) mass is 411 g/mol. The molecule has 1 N–H and O–H groups in total. The molecule has 0 atom stereocenters. The van der Waals surface area contributed by atoms with Crippen LogP contribution < -0.4 is 0 Å². The van der Waals surface area contributed by atoms with Crippen molar-refractivity contribution in [3.63, 3.8) is 0 Å². The number of aryl methyl sites for hydroxylation is 1. The molecule has 7 heteroatoms. The number of unbranched alkanes of at least 4 members (excludes halogenated alkanes) is 1. The number of amides is 1. The molecule has 0 spiro atoms. The normalized spacial score (nSPS) is 17.4.